The summed E-state index contributed by atoms with van der Waals surface area (Å²) in [7, 11) is 4.03. The standard InChI is InChI=1S/C12H24N4O4/c1-15-4-5-16(2)9(8-15)7-13-12(20)14-10(3-6-17)11(18)19/h9-10,17H,3-8H2,1-2H3,(H,18,19)(H2,13,14,20)/t9?,10-/m0/s1. The molecule has 2 atom stereocenters. The highest BCUT2D eigenvalue weighted by atomic mass is 16.4. The number of aliphatic hydroxyl groups excluding tert-OH is 1. The molecule has 0 bridgehead atoms. The third-order valence-electron chi connectivity index (χ3n) is 3.50. The van der Waals surface area contributed by atoms with Crippen molar-refractivity contribution < 1.29 is 19.8 Å². The molecule has 4 N–H and O–H groups in total. The fourth-order valence-corrected chi connectivity index (χ4v) is 2.13. The van der Waals surface area contributed by atoms with Gasteiger partial charge in [0.1, 0.15) is 6.04 Å². The van der Waals surface area contributed by atoms with Crippen molar-refractivity contribution in [2.75, 3.05) is 46.9 Å². The first-order valence-electron chi connectivity index (χ1n) is 6.71. The highest BCUT2D eigenvalue weighted by Crippen LogP contribution is 2.04. The zero-order valence-corrected chi connectivity index (χ0v) is 12.0. The Bertz CT molecular complexity index is 339. The number of amides is 2. The first-order chi connectivity index (χ1) is 9.43. The van der Waals surface area contributed by atoms with Gasteiger partial charge in [-0.3, -0.25) is 4.90 Å². The molecule has 0 saturated carbocycles. The molecule has 1 saturated heterocycles. The Morgan fingerprint density at radius 3 is 2.65 bits per heavy atom. The second-order valence-corrected chi connectivity index (χ2v) is 5.15. The number of carboxylic acid groups (broad SMARTS) is 1. The minimum Gasteiger partial charge on any atom is -0.480 e. The molecule has 1 unspecified atom stereocenters. The number of hydrogen-bond donors (Lipinski definition) is 4. The summed E-state index contributed by atoms with van der Waals surface area (Å²) < 4.78 is 0. The summed E-state index contributed by atoms with van der Waals surface area (Å²) in [5, 5.41) is 22.7. The van der Waals surface area contributed by atoms with Crippen LogP contribution in [0.15, 0.2) is 0 Å². The normalized spacial score (nSPS) is 22.2. The fraction of sp³-hybridized carbons (Fsp3) is 0.833. The van der Waals surface area contributed by atoms with Gasteiger partial charge in [-0.25, -0.2) is 9.59 Å². The van der Waals surface area contributed by atoms with Crippen LogP contribution in [-0.2, 0) is 4.79 Å². The third-order valence-corrected chi connectivity index (χ3v) is 3.50. The average Bonchev–Trinajstić information content (AvgIpc) is 2.39. The number of likely N-dealkylation sites (N-methyl/N-ethyl adjacent to an activating group) is 2. The Morgan fingerprint density at radius 1 is 1.35 bits per heavy atom. The van der Waals surface area contributed by atoms with E-state index in [2.05, 4.69) is 20.4 Å². The van der Waals surface area contributed by atoms with Gasteiger partial charge in [-0.2, -0.15) is 0 Å². The summed E-state index contributed by atoms with van der Waals surface area (Å²) in [5.41, 5.74) is 0. The number of piperazine rings is 1. The molecular formula is C12H24N4O4. The molecule has 0 aromatic rings. The summed E-state index contributed by atoms with van der Waals surface area (Å²) in [4.78, 5) is 26.9. The topological polar surface area (TPSA) is 105 Å². The second-order valence-electron chi connectivity index (χ2n) is 5.15. The molecule has 20 heavy (non-hydrogen) atoms. The number of nitrogens with one attached hydrogen (secondary N) is 2. The van der Waals surface area contributed by atoms with Crippen LogP contribution in [0.3, 0.4) is 0 Å². The van der Waals surface area contributed by atoms with Crippen LogP contribution in [-0.4, -0.2) is 91.0 Å². The van der Waals surface area contributed by atoms with Crippen molar-refractivity contribution in [1.29, 1.82) is 0 Å². The maximum atomic E-state index is 11.7. The van der Waals surface area contributed by atoms with E-state index in [1.807, 2.05) is 14.1 Å². The van der Waals surface area contributed by atoms with Crippen LogP contribution in [0, 0.1) is 0 Å². The van der Waals surface area contributed by atoms with Crippen LogP contribution in [0.25, 0.3) is 0 Å². The number of carbonyl (C=O) groups excluding carboxylic acids is 1. The van der Waals surface area contributed by atoms with Crippen LogP contribution in [0.2, 0.25) is 0 Å². The van der Waals surface area contributed by atoms with Crippen molar-refractivity contribution in [3.05, 3.63) is 0 Å². The van der Waals surface area contributed by atoms with Crippen LogP contribution in [0.4, 0.5) is 4.79 Å². The molecule has 1 heterocycles. The third kappa shape index (κ3) is 5.32. The summed E-state index contributed by atoms with van der Waals surface area (Å²) in [5.74, 6) is -1.15. The highest BCUT2D eigenvalue weighted by Gasteiger charge is 2.23. The molecule has 8 nitrogen and oxygen atoms in total. The molecule has 1 aliphatic rings. The van der Waals surface area contributed by atoms with Gasteiger partial charge in [-0.15, -0.1) is 0 Å². The highest BCUT2D eigenvalue weighted by molar-refractivity contribution is 5.82. The van der Waals surface area contributed by atoms with E-state index < -0.39 is 18.0 Å². The zero-order valence-electron chi connectivity index (χ0n) is 12.0. The van der Waals surface area contributed by atoms with Gasteiger partial charge in [0, 0.05) is 45.2 Å². The summed E-state index contributed by atoms with van der Waals surface area (Å²) in [6.45, 7) is 2.96. The molecule has 116 valence electrons. The predicted octanol–water partition coefficient (Wildman–Crippen LogP) is -1.63. The number of carbonyl (C=O) groups is 2. The lowest BCUT2D eigenvalue weighted by Crippen LogP contribution is -2.56. The van der Waals surface area contributed by atoms with Crippen LogP contribution in [0.1, 0.15) is 6.42 Å². The Hall–Kier alpha value is -1.38. The van der Waals surface area contributed by atoms with Crippen molar-refractivity contribution >= 4 is 12.0 Å². The fourth-order valence-electron chi connectivity index (χ4n) is 2.13. The number of urea groups is 1. The molecule has 1 fully saturated rings. The summed E-state index contributed by atoms with van der Waals surface area (Å²) in [6.07, 6.45) is -0.00514. The van der Waals surface area contributed by atoms with Crippen molar-refractivity contribution in [2.45, 2.75) is 18.5 Å². The van der Waals surface area contributed by atoms with Gasteiger partial charge in [-0.05, 0) is 14.1 Å². The maximum Gasteiger partial charge on any atom is 0.326 e. The number of aliphatic carboxylic acids is 1. The van der Waals surface area contributed by atoms with E-state index >= 15 is 0 Å². The SMILES string of the molecule is CN1CCN(C)C(CNC(=O)N[C@@H](CCO)C(=O)O)C1. The zero-order chi connectivity index (χ0) is 15.1. The maximum absolute atomic E-state index is 11.7. The van der Waals surface area contributed by atoms with Crippen LogP contribution in [0.5, 0.6) is 0 Å². The molecule has 0 spiro atoms. The van der Waals surface area contributed by atoms with E-state index in [1.54, 1.807) is 0 Å². The van der Waals surface area contributed by atoms with Crippen LogP contribution >= 0.6 is 0 Å². The second kappa shape index (κ2) is 8.03. The molecule has 0 aromatic carbocycles. The molecule has 0 aliphatic carbocycles. The van der Waals surface area contributed by atoms with Crippen molar-refractivity contribution in [1.82, 2.24) is 20.4 Å². The van der Waals surface area contributed by atoms with Crippen molar-refractivity contribution in [2.24, 2.45) is 0 Å². The monoisotopic (exact) mass is 288 g/mol. The summed E-state index contributed by atoms with van der Waals surface area (Å²) in [6, 6.07) is -1.38. The van der Waals surface area contributed by atoms with Gasteiger partial charge in [0.2, 0.25) is 0 Å². The Kier molecular flexibility index (Phi) is 6.69. The minimum atomic E-state index is -1.15. The summed E-state index contributed by atoms with van der Waals surface area (Å²) >= 11 is 0. The van der Waals surface area contributed by atoms with Crippen LogP contribution < -0.4 is 10.6 Å². The molecule has 1 rings (SSSR count). The van der Waals surface area contributed by atoms with E-state index in [0.717, 1.165) is 19.6 Å². The molecule has 1 aliphatic heterocycles. The van der Waals surface area contributed by atoms with Crippen molar-refractivity contribution in [3.63, 3.8) is 0 Å². The number of hydrogen-bond acceptors (Lipinski definition) is 5. The van der Waals surface area contributed by atoms with Gasteiger partial charge >= 0.3 is 12.0 Å². The van der Waals surface area contributed by atoms with E-state index in [1.165, 1.54) is 0 Å². The first kappa shape index (κ1) is 16.7. The quantitative estimate of drug-likeness (QED) is 0.467. The molecular weight excluding hydrogens is 264 g/mol. The molecule has 2 amide bonds. The van der Waals surface area contributed by atoms with Gasteiger partial charge < -0.3 is 25.7 Å². The number of carboxylic acids is 1. The first-order valence-corrected chi connectivity index (χ1v) is 6.71. The van der Waals surface area contributed by atoms with Gasteiger partial charge in [0.25, 0.3) is 0 Å². The largest absolute Gasteiger partial charge is 0.480 e. The lowest BCUT2D eigenvalue weighted by molar-refractivity contribution is -0.139. The van der Waals surface area contributed by atoms with E-state index in [9.17, 15) is 9.59 Å². The van der Waals surface area contributed by atoms with E-state index in [-0.39, 0.29) is 19.1 Å². The van der Waals surface area contributed by atoms with Gasteiger partial charge in [-0.1, -0.05) is 0 Å². The lowest BCUT2D eigenvalue weighted by atomic mass is 10.2. The minimum absolute atomic E-state index is 0.00514. The van der Waals surface area contributed by atoms with E-state index in [0.29, 0.717) is 6.54 Å². The Balaban J connectivity index is 2.36. The number of rotatable bonds is 6. The smallest absolute Gasteiger partial charge is 0.326 e. The number of aliphatic hydroxyl groups is 1. The lowest BCUT2D eigenvalue weighted by Gasteiger charge is -2.37. The van der Waals surface area contributed by atoms with E-state index in [4.69, 9.17) is 10.2 Å². The van der Waals surface area contributed by atoms with Gasteiger partial charge in [0.05, 0.1) is 0 Å². The number of nitrogens with zero attached hydrogens (tertiary/aromatic N) is 2. The van der Waals surface area contributed by atoms with Crippen molar-refractivity contribution in [3.8, 4) is 0 Å². The molecule has 0 aromatic heterocycles. The Labute approximate surface area is 118 Å². The Morgan fingerprint density at radius 2 is 2.05 bits per heavy atom. The molecule has 0 radical (unpaired) electrons. The average molecular weight is 288 g/mol. The van der Waals surface area contributed by atoms with Gasteiger partial charge in [0.15, 0.2) is 0 Å². The predicted molar refractivity (Wildman–Crippen MR) is 73.6 cm³/mol. The molecule has 8 heteroatoms.